The van der Waals surface area contributed by atoms with E-state index in [1.165, 1.54) is 50.4 Å². The topological polar surface area (TPSA) is 108 Å². The first-order chi connectivity index (χ1) is 13.3. The maximum atomic E-state index is 12.2. The molecule has 8 nitrogen and oxygen atoms in total. The number of amides is 1. The van der Waals surface area contributed by atoms with Crippen molar-refractivity contribution in [1.82, 2.24) is 0 Å². The number of halogens is 1. The summed E-state index contributed by atoms with van der Waals surface area (Å²) in [6, 6.07) is 10.3. The molecule has 0 saturated carbocycles. The summed E-state index contributed by atoms with van der Waals surface area (Å²) in [7, 11) is 1.45. The number of anilines is 1. The zero-order chi connectivity index (χ0) is 20.7. The van der Waals surface area contributed by atoms with Crippen LogP contribution in [0.1, 0.15) is 12.5 Å². The zero-order valence-electron chi connectivity index (χ0n) is 15.0. The molecular formula is C19H17ClN2O6. The molecule has 1 atom stereocenters. The van der Waals surface area contributed by atoms with E-state index in [9.17, 15) is 19.7 Å². The van der Waals surface area contributed by atoms with Crippen molar-refractivity contribution in [3.8, 4) is 5.75 Å². The predicted octanol–water partition coefficient (Wildman–Crippen LogP) is 3.84. The smallest absolute Gasteiger partial charge is 0.331 e. The van der Waals surface area contributed by atoms with E-state index in [4.69, 9.17) is 21.1 Å². The molecule has 0 aliphatic carbocycles. The molecule has 0 fully saturated rings. The lowest BCUT2D eigenvalue weighted by molar-refractivity contribution is -0.384. The second kappa shape index (κ2) is 9.52. The van der Waals surface area contributed by atoms with Gasteiger partial charge in [-0.05, 0) is 48.9 Å². The van der Waals surface area contributed by atoms with Gasteiger partial charge in [0.25, 0.3) is 11.6 Å². The SMILES string of the molecule is COc1ccc(Cl)cc1NC(=O)[C@@H](C)OC(=O)/C=C/c1ccc([N+](=O)[O-])cc1. The fraction of sp³-hybridized carbons (Fsp3) is 0.158. The fourth-order valence-corrected chi connectivity index (χ4v) is 2.32. The number of esters is 1. The van der Waals surface area contributed by atoms with Crippen molar-refractivity contribution < 1.29 is 24.0 Å². The zero-order valence-corrected chi connectivity index (χ0v) is 15.8. The van der Waals surface area contributed by atoms with Crippen molar-refractivity contribution in [2.75, 3.05) is 12.4 Å². The number of ether oxygens (including phenoxy) is 2. The Balaban J connectivity index is 1.95. The van der Waals surface area contributed by atoms with E-state index in [1.54, 1.807) is 12.1 Å². The summed E-state index contributed by atoms with van der Waals surface area (Å²) in [6.45, 7) is 1.42. The quantitative estimate of drug-likeness (QED) is 0.325. The average Bonchev–Trinajstić information content (AvgIpc) is 2.66. The molecule has 146 valence electrons. The third kappa shape index (κ3) is 5.82. The van der Waals surface area contributed by atoms with Gasteiger partial charge in [0.15, 0.2) is 6.10 Å². The number of nitrogens with one attached hydrogen (secondary N) is 1. The minimum atomic E-state index is -1.07. The van der Waals surface area contributed by atoms with Crippen molar-refractivity contribution in [2.24, 2.45) is 0 Å². The summed E-state index contributed by atoms with van der Waals surface area (Å²) in [5.41, 5.74) is 0.870. The Kier molecular flexibility index (Phi) is 7.11. The van der Waals surface area contributed by atoms with Crippen LogP contribution in [-0.2, 0) is 14.3 Å². The van der Waals surface area contributed by atoms with Crippen LogP contribution >= 0.6 is 11.6 Å². The van der Waals surface area contributed by atoms with Gasteiger partial charge in [0.1, 0.15) is 5.75 Å². The molecular weight excluding hydrogens is 388 g/mol. The highest BCUT2D eigenvalue weighted by Gasteiger charge is 2.18. The molecule has 1 amide bonds. The lowest BCUT2D eigenvalue weighted by atomic mass is 10.2. The highest BCUT2D eigenvalue weighted by Crippen LogP contribution is 2.27. The molecule has 9 heteroatoms. The number of methoxy groups -OCH3 is 1. The molecule has 0 aliphatic heterocycles. The number of nitro groups is 1. The first-order valence-electron chi connectivity index (χ1n) is 8.07. The van der Waals surface area contributed by atoms with E-state index >= 15 is 0 Å². The van der Waals surface area contributed by atoms with Crippen LogP contribution in [-0.4, -0.2) is 30.0 Å². The Morgan fingerprint density at radius 3 is 2.50 bits per heavy atom. The van der Waals surface area contributed by atoms with Crippen LogP contribution in [0.4, 0.5) is 11.4 Å². The maximum Gasteiger partial charge on any atom is 0.331 e. The van der Waals surface area contributed by atoms with E-state index < -0.39 is 22.9 Å². The Morgan fingerprint density at radius 1 is 1.21 bits per heavy atom. The van der Waals surface area contributed by atoms with Gasteiger partial charge in [0.05, 0.1) is 17.7 Å². The molecule has 1 N–H and O–H groups in total. The van der Waals surface area contributed by atoms with Crippen molar-refractivity contribution in [3.05, 3.63) is 69.2 Å². The Bertz CT molecular complexity index is 911. The summed E-state index contributed by atoms with van der Waals surface area (Å²) in [4.78, 5) is 34.2. The molecule has 0 unspecified atom stereocenters. The summed E-state index contributed by atoms with van der Waals surface area (Å²) in [5.74, 6) is -0.883. The summed E-state index contributed by atoms with van der Waals surface area (Å²) >= 11 is 5.91. The largest absolute Gasteiger partial charge is 0.495 e. The fourth-order valence-electron chi connectivity index (χ4n) is 2.15. The number of benzene rings is 2. The van der Waals surface area contributed by atoms with Gasteiger partial charge in [-0.1, -0.05) is 11.6 Å². The van der Waals surface area contributed by atoms with E-state index in [1.807, 2.05) is 0 Å². The number of nitrogens with zero attached hydrogens (tertiary/aromatic N) is 1. The van der Waals surface area contributed by atoms with Crippen LogP contribution < -0.4 is 10.1 Å². The standard InChI is InChI=1S/C19H17ClN2O6/c1-12(19(24)21-16-11-14(20)6-9-17(16)27-2)28-18(23)10-5-13-3-7-15(8-4-13)22(25)26/h3-12H,1-2H3,(H,21,24)/b10-5+/t12-/m1/s1. The van der Waals surface area contributed by atoms with E-state index in [0.717, 1.165) is 6.08 Å². The van der Waals surface area contributed by atoms with E-state index in [-0.39, 0.29) is 5.69 Å². The average molecular weight is 405 g/mol. The van der Waals surface area contributed by atoms with Gasteiger partial charge in [-0.15, -0.1) is 0 Å². The number of hydrogen-bond donors (Lipinski definition) is 1. The molecule has 2 aromatic carbocycles. The van der Waals surface area contributed by atoms with Gasteiger partial charge in [0, 0.05) is 23.2 Å². The van der Waals surface area contributed by atoms with Gasteiger partial charge in [-0.25, -0.2) is 4.79 Å². The van der Waals surface area contributed by atoms with Crippen molar-refractivity contribution >= 4 is 40.9 Å². The molecule has 0 spiro atoms. The van der Waals surface area contributed by atoms with Gasteiger partial charge in [-0.3, -0.25) is 14.9 Å². The third-order valence-corrected chi connectivity index (χ3v) is 3.83. The van der Waals surface area contributed by atoms with Gasteiger partial charge >= 0.3 is 5.97 Å². The number of non-ortho nitro benzene ring substituents is 1. The van der Waals surface area contributed by atoms with E-state index in [2.05, 4.69) is 5.32 Å². The number of nitro benzene ring substituents is 1. The van der Waals surface area contributed by atoms with Crippen LogP contribution in [0.3, 0.4) is 0 Å². The number of carbonyl (C=O) groups excluding carboxylic acids is 2. The van der Waals surface area contributed by atoms with Gasteiger partial charge < -0.3 is 14.8 Å². The molecule has 0 radical (unpaired) electrons. The van der Waals surface area contributed by atoms with Crippen LogP contribution in [0.5, 0.6) is 5.75 Å². The second-order valence-electron chi connectivity index (χ2n) is 5.59. The van der Waals surface area contributed by atoms with Crippen LogP contribution in [0.2, 0.25) is 5.02 Å². The van der Waals surface area contributed by atoms with Crippen molar-refractivity contribution in [3.63, 3.8) is 0 Å². The summed E-state index contributed by atoms with van der Waals surface area (Å²) < 4.78 is 10.2. The molecule has 2 aromatic rings. The molecule has 2 rings (SSSR count). The third-order valence-electron chi connectivity index (χ3n) is 3.60. The minimum Gasteiger partial charge on any atom is -0.495 e. The highest BCUT2D eigenvalue weighted by molar-refractivity contribution is 6.31. The first-order valence-corrected chi connectivity index (χ1v) is 8.45. The first kappa shape index (κ1) is 20.9. The van der Waals surface area contributed by atoms with Crippen LogP contribution in [0.15, 0.2) is 48.5 Å². The Labute approximate surface area is 165 Å². The van der Waals surface area contributed by atoms with E-state index in [0.29, 0.717) is 22.0 Å². The maximum absolute atomic E-state index is 12.2. The Morgan fingerprint density at radius 2 is 1.89 bits per heavy atom. The van der Waals surface area contributed by atoms with Gasteiger partial charge in [0.2, 0.25) is 0 Å². The molecule has 0 saturated heterocycles. The van der Waals surface area contributed by atoms with Crippen LogP contribution in [0.25, 0.3) is 6.08 Å². The molecule has 0 bridgehead atoms. The molecule has 28 heavy (non-hydrogen) atoms. The second-order valence-corrected chi connectivity index (χ2v) is 6.03. The normalized spacial score (nSPS) is 11.7. The monoisotopic (exact) mass is 404 g/mol. The molecule has 0 aromatic heterocycles. The lowest BCUT2D eigenvalue weighted by Crippen LogP contribution is -2.29. The number of hydrogen-bond acceptors (Lipinski definition) is 6. The number of rotatable bonds is 7. The van der Waals surface area contributed by atoms with Gasteiger partial charge in [-0.2, -0.15) is 0 Å². The minimum absolute atomic E-state index is 0.0542. The molecule has 0 aliphatic rings. The van der Waals surface area contributed by atoms with Crippen molar-refractivity contribution in [2.45, 2.75) is 13.0 Å². The summed E-state index contributed by atoms with van der Waals surface area (Å²) in [6.07, 6.45) is 1.49. The van der Waals surface area contributed by atoms with Crippen LogP contribution in [0, 0.1) is 10.1 Å². The van der Waals surface area contributed by atoms with Crippen molar-refractivity contribution in [1.29, 1.82) is 0 Å². The predicted molar refractivity (Wildman–Crippen MR) is 104 cm³/mol. The Hall–Kier alpha value is -3.39. The molecule has 0 heterocycles. The summed E-state index contributed by atoms with van der Waals surface area (Å²) in [5, 5.41) is 13.6. The number of carbonyl (C=O) groups is 2. The lowest BCUT2D eigenvalue weighted by Gasteiger charge is -2.14. The highest BCUT2D eigenvalue weighted by atomic mass is 35.5.